The summed E-state index contributed by atoms with van der Waals surface area (Å²) >= 11 is 5.97. The second-order valence-corrected chi connectivity index (χ2v) is 5.95. The number of anilines is 1. The van der Waals surface area contributed by atoms with Gasteiger partial charge in [-0.05, 0) is 36.0 Å². The van der Waals surface area contributed by atoms with Gasteiger partial charge in [0.1, 0.15) is 0 Å². The van der Waals surface area contributed by atoms with Gasteiger partial charge in [0, 0.05) is 10.7 Å². The molecule has 2 N–H and O–H groups in total. The van der Waals surface area contributed by atoms with Gasteiger partial charge in [0.25, 0.3) is 0 Å². The molecule has 102 valence electrons. The molecule has 1 aromatic carbocycles. The van der Waals surface area contributed by atoms with Gasteiger partial charge in [-0.2, -0.15) is 0 Å². The van der Waals surface area contributed by atoms with Crippen LogP contribution >= 0.6 is 11.6 Å². The van der Waals surface area contributed by atoms with Crippen LogP contribution in [0.4, 0.5) is 5.69 Å². The molecular weight excluding hydrogens is 246 g/mol. The van der Waals surface area contributed by atoms with Crippen molar-refractivity contribution in [3.63, 3.8) is 0 Å². The van der Waals surface area contributed by atoms with Crippen LogP contribution in [0.1, 0.15) is 27.7 Å². The first-order valence-electron chi connectivity index (χ1n) is 6.58. The van der Waals surface area contributed by atoms with E-state index in [-0.39, 0.29) is 12.6 Å². The van der Waals surface area contributed by atoms with Crippen LogP contribution in [0.2, 0.25) is 5.02 Å². The van der Waals surface area contributed by atoms with Crippen molar-refractivity contribution < 1.29 is 5.11 Å². The molecule has 0 aliphatic heterocycles. The maximum absolute atomic E-state index is 9.63. The Bertz CT molecular complexity index is 357. The summed E-state index contributed by atoms with van der Waals surface area (Å²) in [6.45, 7) is 8.94. The van der Waals surface area contributed by atoms with Crippen LogP contribution in [0, 0.1) is 17.8 Å². The van der Waals surface area contributed by atoms with E-state index in [9.17, 15) is 5.11 Å². The van der Waals surface area contributed by atoms with E-state index in [1.807, 2.05) is 24.3 Å². The molecule has 1 atom stereocenters. The van der Waals surface area contributed by atoms with Gasteiger partial charge in [-0.3, -0.25) is 0 Å². The molecule has 1 unspecified atom stereocenters. The predicted molar refractivity (Wildman–Crippen MR) is 79.1 cm³/mol. The number of hydrogen-bond donors (Lipinski definition) is 2. The third kappa shape index (κ3) is 4.18. The van der Waals surface area contributed by atoms with Crippen LogP contribution in [0.25, 0.3) is 0 Å². The first kappa shape index (κ1) is 15.3. The number of aliphatic hydroxyl groups is 1. The average molecular weight is 270 g/mol. The molecule has 0 spiro atoms. The van der Waals surface area contributed by atoms with E-state index in [0.717, 1.165) is 5.69 Å². The van der Waals surface area contributed by atoms with E-state index in [4.69, 9.17) is 11.6 Å². The standard InChI is InChI=1S/C15H24ClNO/c1-10(2)15(11(3)4)14(9-18)17-13-7-5-6-12(16)8-13/h5-8,10-11,14-15,17-18H,9H2,1-4H3. The minimum absolute atomic E-state index is 0.0588. The molecule has 0 radical (unpaired) electrons. The van der Waals surface area contributed by atoms with Crippen LogP contribution in [0.3, 0.4) is 0 Å². The maximum Gasteiger partial charge on any atom is 0.0635 e. The summed E-state index contributed by atoms with van der Waals surface area (Å²) in [6.07, 6.45) is 0. The van der Waals surface area contributed by atoms with Gasteiger partial charge in [-0.15, -0.1) is 0 Å². The highest BCUT2D eigenvalue weighted by atomic mass is 35.5. The Morgan fingerprint density at radius 3 is 2.22 bits per heavy atom. The molecule has 1 rings (SSSR count). The summed E-state index contributed by atoms with van der Waals surface area (Å²) in [5.74, 6) is 1.47. The molecule has 0 fully saturated rings. The van der Waals surface area contributed by atoms with Crippen LogP contribution in [-0.2, 0) is 0 Å². The van der Waals surface area contributed by atoms with Crippen molar-refractivity contribution in [3.05, 3.63) is 29.3 Å². The van der Waals surface area contributed by atoms with E-state index in [0.29, 0.717) is 22.8 Å². The second-order valence-electron chi connectivity index (χ2n) is 5.51. The summed E-state index contributed by atoms with van der Waals surface area (Å²) < 4.78 is 0. The van der Waals surface area contributed by atoms with Crippen LogP contribution in [0.15, 0.2) is 24.3 Å². The molecule has 0 aromatic heterocycles. The van der Waals surface area contributed by atoms with Gasteiger partial charge in [-0.1, -0.05) is 45.4 Å². The maximum atomic E-state index is 9.63. The van der Waals surface area contributed by atoms with Gasteiger partial charge in [0.05, 0.1) is 12.6 Å². The molecule has 0 aliphatic carbocycles. The predicted octanol–water partition coefficient (Wildman–Crippen LogP) is 4.04. The highest BCUT2D eigenvalue weighted by molar-refractivity contribution is 6.30. The first-order chi connectivity index (χ1) is 8.45. The lowest BCUT2D eigenvalue weighted by Gasteiger charge is -2.33. The number of nitrogens with one attached hydrogen (secondary N) is 1. The number of benzene rings is 1. The van der Waals surface area contributed by atoms with Gasteiger partial charge < -0.3 is 10.4 Å². The molecule has 0 aliphatic rings. The fraction of sp³-hybridized carbons (Fsp3) is 0.600. The lowest BCUT2D eigenvalue weighted by Crippen LogP contribution is -2.38. The Hall–Kier alpha value is -0.730. The van der Waals surface area contributed by atoms with Crippen LogP contribution in [0.5, 0.6) is 0 Å². The summed E-state index contributed by atoms with van der Waals surface area (Å²) in [5.41, 5.74) is 0.966. The number of aliphatic hydroxyl groups excluding tert-OH is 1. The highest BCUT2D eigenvalue weighted by Crippen LogP contribution is 2.27. The minimum Gasteiger partial charge on any atom is -0.394 e. The van der Waals surface area contributed by atoms with E-state index in [1.165, 1.54) is 0 Å². The van der Waals surface area contributed by atoms with Crippen LogP contribution in [-0.4, -0.2) is 17.8 Å². The molecule has 0 heterocycles. The van der Waals surface area contributed by atoms with Crippen molar-refractivity contribution in [3.8, 4) is 0 Å². The zero-order valence-electron chi connectivity index (χ0n) is 11.7. The van der Waals surface area contributed by atoms with E-state index in [2.05, 4.69) is 33.0 Å². The number of rotatable bonds is 6. The fourth-order valence-corrected chi connectivity index (χ4v) is 2.95. The SMILES string of the molecule is CC(C)C(C(C)C)C(CO)Nc1cccc(Cl)c1. The molecule has 2 nitrogen and oxygen atoms in total. The Morgan fingerprint density at radius 1 is 1.17 bits per heavy atom. The highest BCUT2D eigenvalue weighted by Gasteiger charge is 2.26. The first-order valence-corrected chi connectivity index (χ1v) is 6.96. The smallest absolute Gasteiger partial charge is 0.0635 e. The van der Waals surface area contributed by atoms with Gasteiger partial charge in [0.2, 0.25) is 0 Å². The molecular formula is C15H24ClNO. The summed E-state index contributed by atoms with van der Waals surface area (Å²) in [5, 5.41) is 13.7. The number of halogens is 1. The Kier molecular flexibility index (Phi) is 5.97. The van der Waals surface area contributed by atoms with Crippen molar-refractivity contribution in [2.45, 2.75) is 33.7 Å². The average Bonchev–Trinajstić information content (AvgIpc) is 2.27. The van der Waals surface area contributed by atoms with Crippen molar-refractivity contribution in [1.29, 1.82) is 0 Å². The van der Waals surface area contributed by atoms with Crippen molar-refractivity contribution in [2.75, 3.05) is 11.9 Å². The summed E-state index contributed by atoms with van der Waals surface area (Å²) in [7, 11) is 0. The quantitative estimate of drug-likeness (QED) is 0.817. The van der Waals surface area contributed by atoms with Crippen LogP contribution < -0.4 is 5.32 Å². The number of hydrogen-bond acceptors (Lipinski definition) is 2. The normalized spacial score (nSPS) is 13.4. The molecule has 1 aromatic rings. The van der Waals surface area contributed by atoms with Crippen molar-refractivity contribution in [1.82, 2.24) is 0 Å². The Labute approximate surface area is 115 Å². The fourth-order valence-electron chi connectivity index (χ4n) is 2.75. The lowest BCUT2D eigenvalue weighted by molar-refractivity contribution is 0.175. The molecule has 0 saturated carbocycles. The Morgan fingerprint density at radius 2 is 1.78 bits per heavy atom. The molecule has 0 amide bonds. The zero-order valence-corrected chi connectivity index (χ0v) is 12.4. The Balaban J connectivity index is 2.83. The molecule has 3 heteroatoms. The van der Waals surface area contributed by atoms with Crippen molar-refractivity contribution in [2.24, 2.45) is 17.8 Å². The third-order valence-corrected chi connectivity index (χ3v) is 3.61. The second kappa shape index (κ2) is 7.01. The monoisotopic (exact) mass is 269 g/mol. The van der Waals surface area contributed by atoms with Gasteiger partial charge in [0.15, 0.2) is 0 Å². The van der Waals surface area contributed by atoms with E-state index >= 15 is 0 Å². The van der Waals surface area contributed by atoms with Gasteiger partial charge in [-0.25, -0.2) is 0 Å². The molecule has 18 heavy (non-hydrogen) atoms. The summed E-state index contributed by atoms with van der Waals surface area (Å²) in [6, 6.07) is 7.69. The third-order valence-electron chi connectivity index (χ3n) is 3.38. The lowest BCUT2D eigenvalue weighted by atomic mass is 9.80. The topological polar surface area (TPSA) is 32.3 Å². The zero-order chi connectivity index (χ0) is 13.7. The minimum atomic E-state index is 0.0588. The van der Waals surface area contributed by atoms with E-state index < -0.39 is 0 Å². The molecule has 0 bridgehead atoms. The van der Waals surface area contributed by atoms with E-state index in [1.54, 1.807) is 0 Å². The van der Waals surface area contributed by atoms with Gasteiger partial charge >= 0.3 is 0 Å². The molecule has 0 saturated heterocycles. The summed E-state index contributed by atoms with van der Waals surface area (Å²) in [4.78, 5) is 0. The van der Waals surface area contributed by atoms with Crippen molar-refractivity contribution >= 4 is 17.3 Å². The largest absolute Gasteiger partial charge is 0.394 e.